The van der Waals surface area contributed by atoms with E-state index in [2.05, 4.69) is 0 Å². The fourth-order valence-electron chi connectivity index (χ4n) is 3.08. The first-order chi connectivity index (χ1) is 14.9. The van der Waals surface area contributed by atoms with Crippen LogP contribution in [0.25, 0.3) is 6.08 Å². The van der Waals surface area contributed by atoms with Gasteiger partial charge in [-0.15, -0.1) is 0 Å². The number of benzene rings is 3. The second-order valence-corrected chi connectivity index (χ2v) is 8.18. The van der Waals surface area contributed by atoms with Gasteiger partial charge in [0.2, 0.25) is 0 Å². The normalized spacial score (nSPS) is 16.3. The van der Waals surface area contributed by atoms with Crippen LogP contribution in [0.3, 0.4) is 0 Å². The molecule has 1 saturated heterocycles. The summed E-state index contributed by atoms with van der Waals surface area (Å²) < 4.78 is 0. The molecule has 1 aliphatic rings. The van der Waals surface area contributed by atoms with Crippen LogP contribution in [0.1, 0.15) is 16.7 Å². The van der Waals surface area contributed by atoms with Gasteiger partial charge in [-0.1, -0.05) is 47.5 Å². The Morgan fingerprint density at radius 1 is 0.968 bits per heavy atom. The summed E-state index contributed by atoms with van der Waals surface area (Å²) in [6.07, 6.45) is 1.67. The van der Waals surface area contributed by atoms with E-state index in [4.69, 9.17) is 4.99 Å². The SMILES string of the molecule is Cc1ccc(N=C2S/C(=C\c3cccc([N+](=O)[O-])c3)C(=O)N2c2ccc(C)cc2)cc1. The second-order valence-electron chi connectivity index (χ2n) is 7.17. The number of nitrogens with zero attached hydrogens (tertiary/aromatic N) is 3. The zero-order valence-electron chi connectivity index (χ0n) is 17.0. The molecule has 0 saturated carbocycles. The van der Waals surface area contributed by atoms with Gasteiger partial charge in [0.05, 0.1) is 21.2 Å². The summed E-state index contributed by atoms with van der Waals surface area (Å²) in [6, 6.07) is 21.6. The molecular formula is C24H19N3O3S. The van der Waals surface area contributed by atoms with Crippen LogP contribution < -0.4 is 4.90 Å². The lowest BCUT2D eigenvalue weighted by Gasteiger charge is -2.16. The quantitative estimate of drug-likeness (QED) is 0.289. The lowest BCUT2D eigenvalue weighted by atomic mass is 10.2. The number of non-ortho nitro benzene ring substituents is 1. The van der Waals surface area contributed by atoms with E-state index < -0.39 is 4.92 Å². The van der Waals surface area contributed by atoms with E-state index in [1.54, 1.807) is 23.1 Å². The molecule has 7 heteroatoms. The maximum absolute atomic E-state index is 13.3. The number of carbonyl (C=O) groups is 1. The number of rotatable bonds is 4. The predicted octanol–water partition coefficient (Wildman–Crippen LogP) is 6.02. The van der Waals surface area contributed by atoms with Crippen LogP contribution in [0.2, 0.25) is 0 Å². The van der Waals surface area contributed by atoms with Crippen LogP contribution in [-0.4, -0.2) is 16.0 Å². The Labute approximate surface area is 184 Å². The van der Waals surface area contributed by atoms with Gasteiger partial charge in [-0.25, -0.2) is 4.99 Å². The van der Waals surface area contributed by atoms with Crippen LogP contribution in [-0.2, 0) is 4.79 Å². The first-order valence-electron chi connectivity index (χ1n) is 9.61. The highest BCUT2D eigenvalue weighted by Gasteiger charge is 2.34. The molecule has 1 amide bonds. The van der Waals surface area contributed by atoms with Gasteiger partial charge in [-0.2, -0.15) is 0 Å². The van der Waals surface area contributed by atoms with Gasteiger partial charge in [-0.05, 0) is 61.5 Å². The Morgan fingerprint density at radius 3 is 2.26 bits per heavy atom. The highest BCUT2D eigenvalue weighted by atomic mass is 32.2. The molecule has 0 aromatic heterocycles. The first-order valence-corrected chi connectivity index (χ1v) is 10.4. The second kappa shape index (κ2) is 8.57. The molecule has 0 spiro atoms. The third-order valence-corrected chi connectivity index (χ3v) is 5.70. The molecule has 1 aliphatic heterocycles. The summed E-state index contributed by atoms with van der Waals surface area (Å²) >= 11 is 1.25. The molecule has 1 heterocycles. The molecule has 0 bridgehead atoms. The number of hydrogen-bond acceptors (Lipinski definition) is 5. The van der Waals surface area contributed by atoms with E-state index in [-0.39, 0.29) is 11.6 Å². The number of thioether (sulfide) groups is 1. The van der Waals surface area contributed by atoms with Crippen LogP contribution in [0, 0.1) is 24.0 Å². The van der Waals surface area contributed by atoms with Gasteiger partial charge < -0.3 is 0 Å². The average molecular weight is 430 g/mol. The summed E-state index contributed by atoms with van der Waals surface area (Å²) in [6.45, 7) is 3.99. The molecule has 0 unspecified atom stereocenters. The standard InChI is InChI=1S/C24H19N3O3S/c1-16-6-10-19(11-7-16)25-24-26(20-12-8-17(2)9-13-20)23(28)22(31-24)15-18-4-3-5-21(14-18)27(29)30/h3-15H,1-2H3/b22-15-,25-24?. The molecule has 0 atom stereocenters. The van der Waals surface area contributed by atoms with Gasteiger partial charge >= 0.3 is 0 Å². The lowest BCUT2D eigenvalue weighted by Crippen LogP contribution is -2.28. The number of nitro benzene ring substituents is 1. The fourth-order valence-corrected chi connectivity index (χ4v) is 4.08. The molecule has 1 fully saturated rings. The molecule has 6 nitrogen and oxygen atoms in total. The van der Waals surface area contributed by atoms with Crippen molar-refractivity contribution < 1.29 is 9.72 Å². The number of hydrogen-bond donors (Lipinski definition) is 0. The third kappa shape index (κ3) is 4.57. The van der Waals surface area contributed by atoms with E-state index in [1.807, 2.05) is 62.4 Å². The number of anilines is 1. The molecule has 0 aliphatic carbocycles. The molecular weight excluding hydrogens is 410 g/mol. The minimum Gasteiger partial charge on any atom is -0.268 e. The molecule has 154 valence electrons. The topological polar surface area (TPSA) is 75.8 Å². The van der Waals surface area contributed by atoms with Crippen molar-refractivity contribution in [1.29, 1.82) is 0 Å². The molecule has 31 heavy (non-hydrogen) atoms. The Balaban J connectivity index is 1.76. The summed E-state index contributed by atoms with van der Waals surface area (Å²) in [4.78, 5) is 30.7. The minimum atomic E-state index is -0.450. The van der Waals surface area contributed by atoms with Crippen LogP contribution in [0.5, 0.6) is 0 Å². The van der Waals surface area contributed by atoms with Crippen molar-refractivity contribution in [2.45, 2.75) is 13.8 Å². The zero-order valence-corrected chi connectivity index (χ0v) is 17.8. The van der Waals surface area contributed by atoms with Crippen LogP contribution in [0.15, 0.2) is 82.7 Å². The Morgan fingerprint density at radius 2 is 1.61 bits per heavy atom. The molecule has 3 aromatic carbocycles. The van der Waals surface area contributed by atoms with E-state index in [0.29, 0.717) is 15.6 Å². The molecule has 0 N–H and O–H groups in total. The first kappa shape index (κ1) is 20.6. The smallest absolute Gasteiger partial charge is 0.268 e. The van der Waals surface area contributed by atoms with Crippen molar-refractivity contribution >= 4 is 46.0 Å². The van der Waals surface area contributed by atoms with Crippen LogP contribution in [0.4, 0.5) is 17.1 Å². The maximum Gasteiger partial charge on any atom is 0.271 e. The third-order valence-electron chi connectivity index (χ3n) is 4.74. The van der Waals surface area contributed by atoms with Crippen LogP contribution >= 0.6 is 11.8 Å². The average Bonchev–Trinajstić information content (AvgIpc) is 3.05. The number of amides is 1. The minimum absolute atomic E-state index is 0.0197. The number of aliphatic imine (C=N–C) groups is 1. The van der Waals surface area contributed by atoms with Crippen molar-refractivity contribution in [2.75, 3.05) is 4.90 Å². The summed E-state index contributed by atoms with van der Waals surface area (Å²) in [5, 5.41) is 11.6. The number of carbonyl (C=O) groups excluding carboxylic acids is 1. The van der Waals surface area contributed by atoms with E-state index >= 15 is 0 Å². The van der Waals surface area contributed by atoms with Crippen molar-refractivity contribution in [3.8, 4) is 0 Å². The number of aryl methyl sites for hydroxylation is 2. The Kier molecular flexibility index (Phi) is 5.68. The summed E-state index contributed by atoms with van der Waals surface area (Å²) in [5.74, 6) is -0.216. The fraction of sp³-hybridized carbons (Fsp3) is 0.0833. The number of amidine groups is 1. The van der Waals surface area contributed by atoms with Gasteiger partial charge in [0, 0.05) is 12.1 Å². The van der Waals surface area contributed by atoms with Crippen molar-refractivity contribution in [2.24, 2.45) is 4.99 Å². The highest BCUT2D eigenvalue weighted by Crippen LogP contribution is 2.37. The van der Waals surface area contributed by atoms with E-state index in [1.165, 1.54) is 23.9 Å². The maximum atomic E-state index is 13.3. The Bertz CT molecular complexity index is 1220. The lowest BCUT2D eigenvalue weighted by molar-refractivity contribution is -0.384. The van der Waals surface area contributed by atoms with Crippen molar-refractivity contribution in [3.63, 3.8) is 0 Å². The van der Waals surface area contributed by atoms with E-state index in [0.717, 1.165) is 22.5 Å². The largest absolute Gasteiger partial charge is 0.271 e. The van der Waals surface area contributed by atoms with Crippen molar-refractivity contribution in [3.05, 3.63) is 105 Å². The molecule has 4 rings (SSSR count). The van der Waals surface area contributed by atoms with E-state index in [9.17, 15) is 14.9 Å². The van der Waals surface area contributed by atoms with Gasteiger partial charge in [0.25, 0.3) is 11.6 Å². The van der Waals surface area contributed by atoms with Gasteiger partial charge in [-0.3, -0.25) is 19.8 Å². The van der Waals surface area contributed by atoms with Gasteiger partial charge in [0.1, 0.15) is 0 Å². The summed E-state index contributed by atoms with van der Waals surface area (Å²) in [7, 11) is 0. The van der Waals surface area contributed by atoms with Crippen molar-refractivity contribution in [1.82, 2.24) is 0 Å². The van der Waals surface area contributed by atoms with Gasteiger partial charge in [0.15, 0.2) is 5.17 Å². The Hall–Kier alpha value is -3.71. The summed E-state index contributed by atoms with van der Waals surface area (Å²) in [5.41, 5.74) is 4.25. The predicted molar refractivity (Wildman–Crippen MR) is 126 cm³/mol. The highest BCUT2D eigenvalue weighted by molar-refractivity contribution is 8.19. The monoisotopic (exact) mass is 429 g/mol. The number of nitro groups is 1. The zero-order chi connectivity index (χ0) is 22.0. The molecule has 3 aromatic rings. The molecule has 0 radical (unpaired) electrons.